The van der Waals surface area contributed by atoms with Crippen LogP contribution in [0.4, 0.5) is 5.69 Å². The van der Waals surface area contributed by atoms with E-state index in [1.807, 2.05) is 52.0 Å². The SMILES string of the molecule is CC(=O)NC(Cc1ccc(C)cc1)C(=O)Nc1c(C)c(C)c(C)n(C)c1=O. The topological polar surface area (TPSA) is 80.2 Å². The standard InChI is InChI=1S/C21H27N3O3/c1-12-7-9-17(10-8-12)11-18(22-16(5)25)20(26)23-19-14(3)13(2)15(4)24(6)21(19)27/h7-10,18H,11H2,1-6H3,(H,22,25)(H,23,26). The van der Waals surface area contributed by atoms with Crippen molar-refractivity contribution in [2.45, 2.75) is 47.1 Å². The number of benzene rings is 1. The van der Waals surface area contributed by atoms with Crippen LogP contribution in [0.25, 0.3) is 0 Å². The van der Waals surface area contributed by atoms with E-state index in [2.05, 4.69) is 10.6 Å². The number of pyridine rings is 1. The van der Waals surface area contributed by atoms with Crippen molar-refractivity contribution in [2.24, 2.45) is 7.05 Å². The number of aryl methyl sites for hydroxylation is 1. The molecule has 6 heteroatoms. The van der Waals surface area contributed by atoms with Crippen molar-refractivity contribution in [1.29, 1.82) is 0 Å². The Morgan fingerprint density at radius 1 is 1.04 bits per heavy atom. The first-order chi connectivity index (χ1) is 12.6. The lowest BCUT2D eigenvalue weighted by Crippen LogP contribution is -2.45. The lowest BCUT2D eigenvalue weighted by atomic mass is 10.0. The summed E-state index contributed by atoms with van der Waals surface area (Å²) in [6.07, 6.45) is 0.343. The highest BCUT2D eigenvalue weighted by Gasteiger charge is 2.23. The Hall–Kier alpha value is -2.89. The molecule has 2 rings (SSSR count). The maximum absolute atomic E-state index is 12.9. The lowest BCUT2D eigenvalue weighted by Gasteiger charge is -2.20. The van der Waals surface area contributed by atoms with Gasteiger partial charge in [0.25, 0.3) is 5.56 Å². The predicted octanol–water partition coefficient (Wildman–Crippen LogP) is 2.30. The molecule has 1 aromatic carbocycles. The van der Waals surface area contributed by atoms with Gasteiger partial charge in [0.2, 0.25) is 11.8 Å². The van der Waals surface area contributed by atoms with Crippen molar-refractivity contribution in [1.82, 2.24) is 9.88 Å². The molecular formula is C21H27N3O3. The van der Waals surface area contributed by atoms with E-state index in [-0.39, 0.29) is 17.2 Å². The zero-order chi connectivity index (χ0) is 20.3. The van der Waals surface area contributed by atoms with Crippen molar-refractivity contribution in [3.05, 3.63) is 62.6 Å². The zero-order valence-corrected chi connectivity index (χ0v) is 16.8. The van der Waals surface area contributed by atoms with Crippen LogP contribution in [-0.4, -0.2) is 22.4 Å². The molecule has 0 fully saturated rings. The molecule has 0 aliphatic rings. The van der Waals surface area contributed by atoms with Gasteiger partial charge in [-0.3, -0.25) is 14.4 Å². The number of rotatable bonds is 5. The summed E-state index contributed by atoms with van der Waals surface area (Å²) in [6.45, 7) is 8.95. The maximum Gasteiger partial charge on any atom is 0.274 e. The van der Waals surface area contributed by atoms with E-state index >= 15 is 0 Å². The van der Waals surface area contributed by atoms with Gasteiger partial charge in [0, 0.05) is 26.1 Å². The van der Waals surface area contributed by atoms with Gasteiger partial charge < -0.3 is 15.2 Å². The van der Waals surface area contributed by atoms with E-state index < -0.39 is 11.9 Å². The Morgan fingerprint density at radius 2 is 1.63 bits per heavy atom. The van der Waals surface area contributed by atoms with Gasteiger partial charge in [-0.2, -0.15) is 0 Å². The van der Waals surface area contributed by atoms with Crippen LogP contribution in [0, 0.1) is 27.7 Å². The monoisotopic (exact) mass is 369 g/mol. The van der Waals surface area contributed by atoms with Crippen LogP contribution in [0.15, 0.2) is 29.1 Å². The number of aromatic nitrogens is 1. The number of carbonyl (C=O) groups excluding carboxylic acids is 2. The number of amides is 2. The van der Waals surface area contributed by atoms with Gasteiger partial charge in [0.1, 0.15) is 11.7 Å². The summed E-state index contributed by atoms with van der Waals surface area (Å²) in [6, 6.07) is 7.01. The Kier molecular flexibility index (Phi) is 6.20. The highest BCUT2D eigenvalue weighted by atomic mass is 16.2. The van der Waals surface area contributed by atoms with Crippen LogP contribution in [0.3, 0.4) is 0 Å². The number of carbonyl (C=O) groups is 2. The molecule has 0 aliphatic carbocycles. The number of anilines is 1. The second-order valence-corrected chi connectivity index (χ2v) is 7.01. The highest BCUT2D eigenvalue weighted by molar-refractivity contribution is 5.97. The molecule has 0 radical (unpaired) electrons. The van der Waals surface area contributed by atoms with Gasteiger partial charge in [-0.1, -0.05) is 29.8 Å². The second kappa shape index (κ2) is 8.20. The van der Waals surface area contributed by atoms with E-state index in [4.69, 9.17) is 0 Å². The van der Waals surface area contributed by atoms with Gasteiger partial charge in [0.15, 0.2) is 0 Å². The predicted molar refractivity (Wildman–Crippen MR) is 107 cm³/mol. The minimum atomic E-state index is -0.768. The Bertz CT molecular complexity index is 927. The minimum absolute atomic E-state index is 0.254. The molecule has 0 aliphatic heterocycles. The smallest absolute Gasteiger partial charge is 0.274 e. The number of hydrogen-bond donors (Lipinski definition) is 2. The summed E-state index contributed by atoms with van der Waals surface area (Å²) in [5, 5.41) is 5.42. The van der Waals surface area contributed by atoms with Crippen LogP contribution >= 0.6 is 0 Å². The first-order valence-corrected chi connectivity index (χ1v) is 8.92. The summed E-state index contributed by atoms with van der Waals surface area (Å²) >= 11 is 0. The van der Waals surface area contributed by atoms with Crippen molar-refractivity contribution in [2.75, 3.05) is 5.32 Å². The van der Waals surface area contributed by atoms with E-state index in [1.54, 1.807) is 7.05 Å². The number of nitrogens with one attached hydrogen (secondary N) is 2. The van der Waals surface area contributed by atoms with Crippen LogP contribution in [0.2, 0.25) is 0 Å². The number of nitrogens with zero attached hydrogens (tertiary/aromatic N) is 1. The van der Waals surface area contributed by atoms with Crippen molar-refractivity contribution >= 4 is 17.5 Å². The van der Waals surface area contributed by atoms with E-state index in [0.717, 1.165) is 27.9 Å². The average Bonchev–Trinajstić information content (AvgIpc) is 2.62. The minimum Gasteiger partial charge on any atom is -0.344 e. The summed E-state index contributed by atoms with van der Waals surface area (Å²) in [5.74, 6) is -0.707. The maximum atomic E-state index is 12.9. The van der Waals surface area contributed by atoms with Crippen LogP contribution in [0.1, 0.15) is 34.9 Å². The third kappa shape index (κ3) is 4.64. The molecule has 0 saturated carbocycles. The van der Waals surface area contributed by atoms with Gasteiger partial charge in [-0.15, -0.1) is 0 Å². The molecule has 0 saturated heterocycles. The largest absolute Gasteiger partial charge is 0.344 e. The summed E-state index contributed by atoms with van der Waals surface area (Å²) in [5.41, 5.74) is 4.58. The summed E-state index contributed by atoms with van der Waals surface area (Å²) < 4.78 is 1.52. The van der Waals surface area contributed by atoms with Gasteiger partial charge in [-0.25, -0.2) is 0 Å². The van der Waals surface area contributed by atoms with E-state index in [1.165, 1.54) is 11.5 Å². The molecule has 0 bridgehead atoms. The van der Waals surface area contributed by atoms with Crippen molar-refractivity contribution in [3.8, 4) is 0 Å². The first kappa shape index (κ1) is 20.4. The van der Waals surface area contributed by atoms with Crippen LogP contribution in [-0.2, 0) is 23.1 Å². The molecule has 2 amide bonds. The fourth-order valence-electron chi connectivity index (χ4n) is 2.96. The zero-order valence-electron chi connectivity index (χ0n) is 16.8. The Morgan fingerprint density at radius 3 is 2.19 bits per heavy atom. The molecule has 6 nitrogen and oxygen atoms in total. The highest BCUT2D eigenvalue weighted by Crippen LogP contribution is 2.18. The fourth-order valence-corrected chi connectivity index (χ4v) is 2.96. The normalized spacial score (nSPS) is 11.8. The summed E-state index contributed by atoms with van der Waals surface area (Å²) in [4.78, 5) is 37.0. The van der Waals surface area contributed by atoms with E-state index in [0.29, 0.717) is 6.42 Å². The quantitative estimate of drug-likeness (QED) is 0.849. The Labute approximate surface area is 159 Å². The van der Waals surface area contributed by atoms with Gasteiger partial charge in [-0.05, 0) is 44.4 Å². The molecular weight excluding hydrogens is 342 g/mol. The molecule has 1 atom stereocenters. The molecule has 1 heterocycles. The van der Waals surface area contributed by atoms with E-state index in [9.17, 15) is 14.4 Å². The second-order valence-electron chi connectivity index (χ2n) is 7.01. The first-order valence-electron chi connectivity index (χ1n) is 8.92. The van der Waals surface area contributed by atoms with Crippen LogP contribution < -0.4 is 16.2 Å². The number of hydrogen-bond acceptors (Lipinski definition) is 3. The molecule has 1 aromatic heterocycles. The van der Waals surface area contributed by atoms with Crippen molar-refractivity contribution in [3.63, 3.8) is 0 Å². The summed E-state index contributed by atoms with van der Waals surface area (Å²) in [7, 11) is 1.68. The van der Waals surface area contributed by atoms with Gasteiger partial charge in [0.05, 0.1) is 0 Å². The van der Waals surface area contributed by atoms with Crippen LogP contribution in [0.5, 0.6) is 0 Å². The molecule has 0 spiro atoms. The third-order valence-corrected chi connectivity index (χ3v) is 5.00. The Balaban J connectivity index is 2.33. The third-order valence-electron chi connectivity index (χ3n) is 5.00. The average molecular weight is 369 g/mol. The fraction of sp³-hybridized carbons (Fsp3) is 0.381. The lowest BCUT2D eigenvalue weighted by molar-refractivity contribution is -0.125. The molecule has 1 unspecified atom stereocenters. The molecule has 27 heavy (non-hydrogen) atoms. The van der Waals surface area contributed by atoms with Crippen molar-refractivity contribution < 1.29 is 9.59 Å². The molecule has 2 N–H and O–H groups in total. The van der Waals surface area contributed by atoms with Gasteiger partial charge >= 0.3 is 0 Å². The molecule has 2 aromatic rings. The molecule has 144 valence electrons.